The van der Waals surface area contributed by atoms with Gasteiger partial charge in [0.25, 0.3) is 5.69 Å². The number of esters is 1. The van der Waals surface area contributed by atoms with Gasteiger partial charge in [0.1, 0.15) is 0 Å². The van der Waals surface area contributed by atoms with E-state index in [0.717, 1.165) is 0 Å². The van der Waals surface area contributed by atoms with E-state index in [1.165, 1.54) is 6.07 Å². The molecule has 0 aliphatic heterocycles. The number of benzene rings is 1. The van der Waals surface area contributed by atoms with Crippen LogP contribution in [0.4, 0.5) is 5.69 Å². The number of nitrogens with zero attached hydrogens (tertiary/aromatic N) is 1. The standard InChI is InChI=1S/C10H9Br2NO4/c1-2-17-9(14)4-6-3-7(11)5-8(10(6)12)13(15)16/h3,5H,2,4H2,1H3. The number of halogens is 2. The fraction of sp³-hybridized carbons (Fsp3) is 0.300. The molecule has 0 heterocycles. The van der Waals surface area contributed by atoms with E-state index in [1.54, 1.807) is 13.0 Å². The lowest BCUT2D eigenvalue weighted by atomic mass is 10.1. The van der Waals surface area contributed by atoms with E-state index in [4.69, 9.17) is 4.74 Å². The Morgan fingerprint density at radius 1 is 1.47 bits per heavy atom. The molecule has 0 bridgehead atoms. The van der Waals surface area contributed by atoms with Crippen LogP contribution in [-0.2, 0) is 16.0 Å². The van der Waals surface area contributed by atoms with Crippen molar-refractivity contribution in [1.29, 1.82) is 0 Å². The zero-order valence-corrected chi connectivity index (χ0v) is 12.1. The van der Waals surface area contributed by atoms with Crippen LogP contribution >= 0.6 is 31.9 Å². The number of rotatable bonds is 4. The lowest BCUT2D eigenvalue weighted by Crippen LogP contribution is -2.08. The highest BCUT2D eigenvalue weighted by molar-refractivity contribution is 9.11. The molecule has 0 N–H and O–H groups in total. The average Bonchev–Trinajstić information content (AvgIpc) is 2.22. The highest BCUT2D eigenvalue weighted by Crippen LogP contribution is 2.32. The fourth-order valence-electron chi connectivity index (χ4n) is 1.26. The molecule has 1 aromatic carbocycles. The summed E-state index contributed by atoms with van der Waals surface area (Å²) in [6, 6.07) is 3.02. The van der Waals surface area contributed by atoms with Gasteiger partial charge >= 0.3 is 5.97 Å². The molecule has 0 spiro atoms. The number of nitro groups is 1. The number of hydrogen-bond donors (Lipinski definition) is 0. The molecule has 7 heteroatoms. The van der Waals surface area contributed by atoms with Gasteiger partial charge in [0.15, 0.2) is 0 Å². The van der Waals surface area contributed by atoms with Crippen molar-refractivity contribution in [1.82, 2.24) is 0 Å². The van der Waals surface area contributed by atoms with Gasteiger partial charge in [0.2, 0.25) is 0 Å². The molecule has 1 aromatic rings. The van der Waals surface area contributed by atoms with Gasteiger partial charge in [-0.15, -0.1) is 0 Å². The van der Waals surface area contributed by atoms with Crippen molar-refractivity contribution in [3.63, 3.8) is 0 Å². The summed E-state index contributed by atoms with van der Waals surface area (Å²) in [5.41, 5.74) is 0.434. The normalized spacial score (nSPS) is 10.1. The van der Waals surface area contributed by atoms with Gasteiger partial charge in [-0.1, -0.05) is 15.9 Å². The maximum atomic E-state index is 11.3. The average molecular weight is 367 g/mol. The van der Waals surface area contributed by atoms with Crippen molar-refractivity contribution in [2.75, 3.05) is 6.61 Å². The van der Waals surface area contributed by atoms with Crippen molar-refractivity contribution in [2.24, 2.45) is 0 Å². The van der Waals surface area contributed by atoms with E-state index in [0.29, 0.717) is 14.5 Å². The van der Waals surface area contributed by atoms with Crippen molar-refractivity contribution in [3.05, 3.63) is 36.8 Å². The van der Waals surface area contributed by atoms with Gasteiger partial charge in [-0.2, -0.15) is 0 Å². The minimum atomic E-state index is -0.510. The SMILES string of the molecule is CCOC(=O)Cc1cc(Br)cc([N+](=O)[O-])c1Br. The Balaban J connectivity index is 3.07. The first-order chi connectivity index (χ1) is 7.95. The van der Waals surface area contributed by atoms with Gasteiger partial charge < -0.3 is 4.74 Å². The minimum Gasteiger partial charge on any atom is -0.466 e. The second-order valence-corrected chi connectivity index (χ2v) is 4.85. The van der Waals surface area contributed by atoms with Gasteiger partial charge in [-0.3, -0.25) is 14.9 Å². The Morgan fingerprint density at radius 3 is 2.65 bits per heavy atom. The predicted molar refractivity (Wildman–Crippen MR) is 68.8 cm³/mol. The first-order valence-corrected chi connectivity index (χ1v) is 6.32. The van der Waals surface area contributed by atoms with Crippen molar-refractivity contribution < 1.29 is 14.5 Å². The summed E-state index contributed by atoms with van der Waals surface area (Å²) in [6.07, 6.45) is -0.00525. The van der Waals surface area contributed by atoms with Crippen LogP contribution in [0.2, 0.25) is 0 Å². The van der Waals surface area contributed by atoms with Crippen LogP contribution in [0.5, 0.6) is 0 Å². The van der Waals surface area contributed by atoms with Crippen LogP contribution in [0, 0.1) is 10.1 Å². The van der Waals surface area contributed by atoms with Gasteiger partial charge in [0, 0.05) is 10.5 Å². The lowest BCUT2D eigenvalue weighted by Gasteiger charge is -2.06. The largest absolute Gasteiger partial charge is 0.466 e. The molecule has 0 unspecified atom stereocenters. The van der Waals surface area contributed by atoms with Crippen LogP contribution in [0.1, 0.15) is 12.5 Å². The van der Waals surface area contributed by atoms with E-state index in [-0.39, 0.29) is 18.7 Å². The predicted octanol–water partition coefficient (Wildman–Crippen LogP) is 3.23. The Labute approximate surface area is 115 Å². The third-order valence-corrected chi connectivity index (χ3v) is 3.30. The molecule has 17 heavy (non-hydrogen) atoms. The molecule has 0 atom stereocenters. The van der Waals surface area contributed by atoms with E-state index in [1.807, 2.05) is 0 Å². The first kappa shape index (κ1) is 14.1. The first-order valence-electron chi connectivity index (χ1n) is 4.73. The van der Waals surface area contributed by atoms with Crippen LogP contribution in [-0.4, -0.2) is 17.5 Å². The highest BCUT2D eigenvalue weighted by Gasteiger charge is 2.19. The molecule has 0 fully saturated rings. The summed E-state index contributed by atoms with van der Waals surface area (Å²) in [4.78, 5) is 21.6. The lowest BCUT2D eigenvalue weighted by molar-refractivity contribution is -0.385. The van der Waals surface area contributed by atoms with Crippen molar-refractivity contribution in [2.45, 2.75) is 13.3 Å². The summed E-state index contributed by atoms with van der Waals surface area (Å²) >= 11 is 6.29. The second kappa shape index (κ2) is 6.11. The Bertz CT molecular complexity index is 462. The summed E-state index contributed by atoms with van der Waals surface area (Å²) < 4.78 is 5.65. The van der Waals surface area contributed by atoms with E-state index in [9.17, 15) is 14.9 Å². The summed E-state index contributed by atoms with van der Waals surface area (Å²) in [7, 11) is 0. The van der Waals surface area contributed by atoms with Crippen molar-refractivity contribution >= 4 is 43.5 Å². The zero-order chi connectivity index (χ0) is 13.0. The van der Waals surface area contributed by atoms with Crippen LogP contribution in [0.25, 0.3) is 0 Å². The smallest absolute Gasteiger partial charge is 0.310 e. The molecule has 1 rings (SSSR count). The second-order valence-electron chi connectivity index (χ2n) is 3.14. The number of nitro benzene ring substituents is 1. The fourth-order valence-corrected chi connectivity index (χ4v) is 2.27. The maximum Gasteiger partial charge on any atom is 0.310 e. The molecule has 0 amide bonds. The monoisotopic (exact) mass is 365 g/mol. The van der Waals surface area contributed by atoms with E-state index >= 15 is 0 Å². The molecule has 0 saturated carbocycles. The molecule has 0 saturated heterocycles. The van der Waals surface area contributed by atoms with Crippen LogP contribution < -0.4 is 0 Å². The molecule has 0 aromatic heterocycles. The minimum absolute atomic E-state index is 0.00525. The molecule has 0 aliphatic carbocycles. The van der Waals surface area contributed by atoms with Crippen molar-refractivity contribution in [3.8, 4) is 0 Å². The number of ether oxygens (including phenoxy) is 1. The molecule has 0 radical (unpaired) electrons. The topological polar surface area (TPSA) is 69.4 Å². The molecular weight excluding hydrogens is 358 g/mol. The third-order valence-electron chi connectivity index (χ3n) is 1.93. The Hall–Kier alpha value is -0.950. The number of carbonyl (C=O) groups excluding carboxylic acids is 1. The van der Waals surface area contributed by atoms with E-state index in [2.05, 4.69) is 31.9 Å². The zero-order valence-electron chi connectivity index (χ0n) is 8.91. The Morgan fingerprint density at radius 2 is 2.12 bits per heavy atom. The maximum absolute atomic E-state index is 11.3. The number of carbonyl (C=O) groups is 1. The van der Waals surface area contributed by atoms with Gasteiger partial charge in [-0.25, -0.2) is 0 Å². The molecule has 0 aliphatic rings. The Kier molecular flexibility index (Phi) is 5.07. The molecule has 5 nitrogen and oxygen atoms in total. The van der Waals surface area contributed by atoms with Crippen LogP contribution in [0.3, 0.4) is 0 Å². The quantitative estimate of drug-likeness (QED) is 0.466. The summed E-state index contributed by atoms with van der Waals surface area (Å²) in [5, 5.41) is 10.8. The molecular formula is C10H9Br2NO4. The molecule has 92 valence electrons. The summed E-state index contributed by atoms with van der Waals surface area (Å²) in [5.74, 6) is -0.416. The number of hydrogen-bond acceptors (Lipinski definition) is 4. The highest BCUT2D eigenvalue weighted by atomic mass is 79.9. The third kappa shape index (κ3) is 3.78. The van der Waals surface area contributed by atoms with Gasteiger partial charge in [-0.05, 0) is 34.5 Å². The van der Waals surface area contributed by atoms with E-state index < -0.39 is 10.9 Å². The summed E-state index contributed by atoms with van der Waals surface area (Å²) in [6.45, 7) is 1.99. The van der Waals surface area contributed by atoms with Crippen LogP contribution in [0.15, 0.2) is 21.1 Å². The van der Waals surface area contributed by atoms with Gasteiger partial charge in [0.05, 0.1) is 22.4 Å².